The van der Waals surface area contributed by atoms with Gasteiger partial charge in [0.25, 0.3) is 0 Å². The SMILES string of the molecule is CCCCCCCCCCCCOc1cc(-c2ccc(Br)cn2)c(O)cc1-c1ccc(Br)cn1. The van der Waals surface area contributed by atoms with Crippen molar-refractivity contribution in [1.82, 2.24) is 9.97 Å². The van der Waals surface area contributed by atoms with Crippen LogP contribution in [-0.2, 0) is 0 Å². The van der Waals surface area contributed by atoms with Gasteiger partial charge in [0, 0.05) is 32.5 Å². The van der Waals surface area contributed by atoms with Crippen LogP contribution in [0.5, 0.6) is 11.5 Å². The van der Waals surface area contributed by atoms with E-state index in [0.29, 0.717) is 23.6 Å². The summed E-state index contributed by atoms with van der Waals surface area (Å²) in [6.45, 7) is 2.90. The van der Waals surface area contributed by atoms with E-state index in [2.05, 4.69) is 48.8 Å². The van der Waals surface area contributed by atoms with Crippen LogP contribution in [0.1, 0.15) is 71.1 Å². The van der Waals surface area contributed by atoms with Gasteiger partial charge < -0.3 is 9.84 Å². The maximum absolute atomic E-state index is 10.8. The van der Waals surface area contributed by atoms with Crippen molar-refractivity contribution < 1.29 is 9.84 Å². The van der Waals surface area contributed by atoms with Crippen molar-refractivity contribution in [2.45, 2.75) is 71.1 Å². The molecule has 4 nitrogen and oxygen atoms in total. The molecule has 0 spiro atoms. The maximum atomic E-state index is 10.8. The summed E-state index contributed by atoms with van der Waals surface area (Å²) in [7, 11) is 0. The molecule has 0 unspecified atom stereocenters. The van der Waals surface area contributed by atoms with E-state index in [1.54, 1.807) is 18.5 Å². The van der Waals surface area contributed by atoms with Gasteiger partial charge in [0.1, 0.15) is 11.5 Å². The third-order valence-electron chi connectivity index (χ3n) is 5.86. The summed E-state index contributed by atoms with van der Waals surface area (Å²) >= 11 is 6.85. The van der Waals surface area contributed by atoms with Crippen molar-refractivity contribution in [2.24, 2.45) is 0 Å². The lowest BCUT2D eigenvalue weighted by atomic mass is 10.0. The summed E-state index contributed by atoms with van der Waals surface area (Å²) in [5.41, 5.74) is 2.87. The van der Waals surface area contributed by atoms with Gasteiger partial charge in [0.15, 0.2) is 0 Å². The number of phenolic OH excluding ortho intramolecular Hbond substituents is 1. The van der Waals surface area contributed by atoms with Crippen LogP contribution >= 0.6 is 31.9 Å². The zero-order valence-electron chi connectivity index (χ0n) is 19.9. The number of ether oxygens (including phenoxy) is 1. The lowest BCUT2D eigenvalue weighted by Gasteiger charge is -2.15. The van der Waals surface area contributed by atoms with E-state index in [-0.39, 0.29) is 5.75 Å². The number of rotatable bonds is 14. The van der Waals surface area contributed by atoms with Crippen LogP contribution in [0.4, 0.5) is 0 Å². The first-order valence-corrected chi connectivity index (χ1v) is 13.9. The van der Waals surface area contributed by atoms with Gasteiger partial charge in [0.05, 0.1) is 18.0 Å². The average molecular weight is 590 g/mol. The number of hydrogen-bond acceptors (Lipinski definition) is 4. The molecule has 0 fully saturated rings. The van der Waals surface area contributed by atoms with Gasteiger partial charge in [-0.2, -0.15) is 0 Å². The number of aromatic hydroxyl groups is 1. The minimum absolute atomic E-state index is 0.154. The van der Waals surface area contributed by atoms with Crippen molar-refractivity contribution in [3.63, 3.8) is 0 Å². The van der Waals surface area contributed by atoms with E-state index in [9.17, 15) is 5.11 Å². The normalized spacial score (nSPS) is 11.0. The fraction of sp³-hybridized carbons (Fsp3) is 0.429. The summed E-state index contributed by atoms with van der Waals surface area (Å²) in [5, 5.41) is 10.8. The Morgan fingerprint density at radius 2 is 1.24 bits per heavy atom. The monoisotopic (exact) mass is 588 g/mol. The highest BCUT2D eigenvalue weighted by Gasteiger charge is 2.15. The van der Waals surface area contributed by atoms with Gasteiger partial charge in [-0.1, -0.05) is 64.7 Å². The Bertz CT molecular complexity index is 1010. The molecule has 2 aromatic heterocycles. The number of halogens is 2. The van der Waals surface area contributed by atoms with Gasteiger partial charge in [-0.25, -0.2) is 0 Å². The molecule has 34 heavy (non-hydrogen) atoms. The van der Waals surface area contributed by atoms with Crippen LogP contribution in [0, 0.1) is 0 Å². The van der Waals surface area contributed by atoms with E-state index in [0.717, 1.165) is 26.6 Å². The highest BCUT2D eigenvalue weighted by atomic mass is 79.9. The van der Waals surface area contributed by atoms with Gasteiger partial charge in [-0.15, -0.1) is 0 Å². The topological polar surface area (TPSA) is 55.2 Å². The van der Waals surface area contributed by atoms with Crippen LogP contribution in [0.25, 0.3) is 22.5 Å². The second kappa shape index (κ2) is 14.5. The molecule has 3 aromatic rings. The number of hydrogen-bond donors (Lipinski definition) is 1. The maximum Gasteiger partial charge on any atom is 0.129 e. The Morgan fingerprint density at radius 3 is 1.76 bits per heavy atom. The molecule has 3 rings (SSSR count). The van der Waals surface area contributed by atoms with Crippen molar-refractivity contribution in [1.29, 1.82) is 0 Å². The minimum Gasteiger partial charge on any atom is -0.507 e. The van der Waals surface area contributed by atoms with Gasteiger partial charge in [0.2, 0.25) is 0 Å². The highest BCUT2D eigenvalue weighted by Crippen LogP contribution is 2.39. The Morgan fingerprint density at radius 1 is 0.706 bits per heavy atom. The van der Waals surface area contributed by atoms with Crippen molar-refractivity contribution in [3.05, 3.63) is 57.7 Å². The number of pyridine rings is 2. The quantitative estimate of drug-likeness (QED) is 0.190. The molecular weight excluding hydrogens is 556 g/mol. The molecule has 0 radical (unpaired) electrons. The first-order chi connectivity index (χ1) is 16.6. The predicted octanol–water partition coefficient (Wildman–Crippen LogP) is 9.34. The number of phenols is 1. The third-order valence-corrected chi connectivity index (χ3v) is 6.80. The molecule has 0 atom stereocenters. The van der Waals surface area contributed by atoms with E-state index in [1.807, 2.05) is 30.3 Å². The first kappa shape index (κ1) is 26.7. The summed E-state index contributed by atoms with van der Waals surface area (Å²) in [5.74, 6) is 0.865. The molecule has 2 heterocycles. The largest absolute Gasteiger partial charge is 0.507 e. The Labute approximate surface area is 220 Å². The summed E-state index contributed by atoms with van der Waals surface area (Å²) < 4.78 is 8.03. The van der Waals surface area contributed by atoms with Crippen LogP contribution in [0.15, 0.2) is 57.7 Å². The van der Waals surface area contributed by atoms with E-state index in [4.69, 9.17) is 4.74 Å². The van der Waals surface area contributed by atoms with E-state index in [1.165, 1.54) is 57.8 Å². The molecule has 0 aliphatic heterocycles. The molecule has 1 aromatic carbocycles. The Hall–Kier alpha value is -1.92. The van der Waals surface area contributed by atoms with Crippen molar-refractivity contribution >= 4 is 31.9 Å². The molecule has 0 bridgehead atoms. The van der Waals surface area contributed by atoms with Gasteiger partial charge in [-0.05, 0) is 74.7 Å². The number of nitrogens with zero attached hydrogens (tertiary/aromatic N) is 2. The molecule has 0 amide bonds. The van der Waals surface area contributed by atoms with Crippen LogP contribution in [0.3, 0.4) is 0 Å². The molecule has 0 aliphatic carbocycles. The molecular formula is C28H34Br2N2O2. The highest BCUT2D eigenvalue weighted by molar-refractivity contribution is 9.10. The minimum atomic E-state index is 0.154. The molecule has 0 saturated carbocycles. The Balaban J connectivity index is 1.62. The van der Waals surface area contributed by atoms with Crippen LogP contribution in [0.2, 0.25) is 0 Å². The lowest BCUT2D eigenvalue weighted by molar-refractivity contribution is 0.305. The number of benzene rings is 1. The summed E-state index contributed by atoms with van der Waals surface area (Å²) in [4.78, 5) is 8.95. The van der Waals surface area contributed by atoms with Gasteiger partial charge >= 0.3 is 0 Å². The Kier molecular flexibility index (Phi) is 11.4. The summed E-state index contributed by atoms with van der Waals surface area (Å²) in [6, 6.07) is 11.3. The number of unbranched alkanes of at least 4 members (excludes halogenated alkanes) is 9. The second-order valence-corrected chi connectivity index (χ2v) is 10.5. The summed E-state index contributed by atoms with van der Waals surface area (Å²) in [6.07, 6.45) is 16.3. The van der Waals surface area contributed by atoms with Crippen LogP contribution < -0.4 is 4.74 Å². The van der Waals surface area contributed by atoms with Crippen molar-refractivity contribution in [2.75, 3.05) is 6.61 Å². The van der Waals surface area contributed by atoms with E-state index < -0.39 is 0 Å². The first-order valence-electron chi connectivity index (χ1n) is 12.3. The standard InChI is InChI=1S/C28H34Br2N2O2/c1-2-3-4-5-6-7-8-9-10-11-16-34-28-18-23(25-14-12-21(29)19-31-25)27(33)17-24(28)26-15-13-22(30)20-32-26/h12-15,17-20,33H,2-11,16H2,1H3. The zero-order valence-corrected chi connectivity index (χ0v) is 23.1. The predicted molar refractivity (Wildman–Crippen MR) is 147 cm³/mol. The molecule has 0 aliphatic rings. The van der Waals surface area contributed by atoms with Gasteiger partial charge in [-0.3, -0.25) is 9.97 Å². The zero-order chi connectivity index (χ0) is 24.2. The molecule has 6 heteroatoms. The van der Waals surface area contributed by atoms with Crippen LogP contribution in [-0.4, -0.2) is 21.7 Å². The fourth-order valence-corrected chi connectivity index (χ4v) is 4.40. The average Bonchev–Trinajstić information content (AvgIpc) is 2.84. The number of aromatic nitrogens is 2. The second-order valence-electron chi connectivity index (χ2n) is 8.62. The molecule has 1 N–H and O–H groups in total. The molecule has 182 valence electrons. The lowest BCUT2D eigenvalue weighted by Crippen LogP contribution is -2.00. The fourth-order valence-electron chi connectivity index (χ4n) is 3.94. The van der Waals surface area contributed by atoms with E-state index >= 15 is 0 Å². The third kappa shape index (κ3) is 8.38. The van der Waals surface area contributed by atoms with Crippen molar-refractivity contribution in [3.8, 4) is 34.0 Å². The molecule has 0 saturated heterocycles. The smallest absolute Gasteiger partial charge is 0.129 e.